The number of H-pyrrole nitrogens is 1. The summed E-state index contributed by atoms with van der Waals surface area (Å²) < 4.78 is 0. The molecule has 2 rings (SSSR count). The van der Waals surface area contributed by atoms with Gasteiger partial charge in [-0.2, -0.15) is 0 Å². The van der Waals surface area contributed by atoms with Crippen molar-refractivity contribution in [3.05, 3.63) is 64.0 Å². The molecule has 20 heavy (non-hydrogen) atoms. The molecular formula is C14H15N3O3. The number of hydrogen-bond donors (Lipinski definition) is 2. The van der Waals surface area contributed by atoms with E-state index in [0.717, 1.165) is 5.56 Å². The van der Waals surface area contributed by atoms with Crippen LogP contribution in [0.3, 0.4) is 0 Å². The zero-order valence-electron chi connectivity index (χ0n) is 11.2. The molecule has 0 saturated heterocycles. The largest absolute Gasteiger partial charge is 0.357 e. The highest BCUT2D eigenvalue weighted by molar-refractivity contribution is 5.92. The van der Waals surface area contributed by atoms with Crippen LogP contribution in [0, 0.1) is 10.1 Å². The first kappa shape index (κ1) is 13.8. The molecule has 1 amide bonds. The fourth-order valence-electron chi connectivity index (χ4n) is 1.89. The topological polar surface area (TPSA) is 88.0 Å². The van der Waals surface area contributed by atoms with Gasteiger partial charge < -0.3 is 10.3 Å². The lowest BCUT2D eigenvalue weighted by molar-refractivity contribution is -0.384. The highest BCUT2D eigenvalue weighted by atomic mass is 16.6. The van der Waals surface area contributed by atoms with E-state index in [1.54, 1.807) is 30.5 Å². The van der Waals surface area contributed by atoms with Crippen LogP contribution in [0.1, 0.15) is 29.9 Å². The Labute approximate surface area is 116 Å². The number of aromatic amines is 1. The van der Waals surface area contributed by atoms with Crippen molar-refractivity contribution >= 4 is 11.6 Å². The Kier molecular flexibility index (Phi) is 3.56. The molecule has 2 N–H and O–H groups in total. The number of nitro benzene ring substituents is 1. The van der Waals surface area contributed by atoms with Crippen LogP contribution in [0.5, 0.6) is 0 Å². The number of rotatable bonds is 4. The van der Waals surface area contributed by atoms with Crippen LogP contribution >= 0.6 is 0 Å². The van der Waals surface area contributed by atoms with E-state index in [1.165, 1.54) is 12.1 Å². The Morgan fingerprint density at radius 1 is 1.25 bits per heavy atom. The minimum Gasteiger partial charge on any atom is -0.357 e. The van der Waals surface area contributed by atoms with Gasteiger partial charge in [0, 0.05) is 18.3 Å². The van der Waals surface area contributed by atoms with E-state index in [9.17, 15) is 14.9 Å². The quantitative estimate of drug-likeness (QED) is 0.663. The normalized spacial score (nSPS) is 11.1. The van der Waals surface area contributed by atoms with E-state index in [1.807, 2.05) is 13.8 Å². The molecule has 0 fully saturated rings. The third kappa shape index (κ3) is 2.85. The highest BCUT2D eigenvalue weighted by Crippen LogP contribution is 2.23. The van der Waals surface area contributed by atoms with Crippen molar-refractivity contribution in [3.63, 3.8) is 0 Å². The summed E-state index contributed by atoms with van der Waals surface area (Å²) in [6.07, 6.45) is 1.67. The molecule has 1 aromatic heterocycles. The molecule has 0 unspecified atom stereocenters. The molecule has 0 radical (unpaired) electrons. The highest BCUT2D eigenvalue weighted by Gasteiger charge is 2.24. The maximum absolute atomic E-state index is 12.0. The number of carbonyl (C=O) groups is 1. The van der Waals surface area contributed by atoms with Crippen molar-refractivity contribution in [1.29, 1.82) is 0 Å². The van der Waals surface area contributed by atoms with E-state index in [2.05, 4.69) is 10.3 Å². The molecule has 2 aromatic rings. The molecule has 0 saturated carbocycles. The zero-order valence-corrected chi connectivity index (χ0v) is 11.2. The van der Waals surface area contributed by atoms with Crippen LogP contribution in [-0.4, -0.2) is 15.8 Å². The second kappa shape index (κ2) is 5.16. The van der Waals surface area contributed by atoms with Crippen molar-refractivity contribution in [1.82, 2.24) is 10.3 Å². The van der Waals surface area contributed by atoms with Crippen molar-refractivity contribution in [2.24, 2.45) is 0 Å². The molecular weight excluding hydrogens is 258 g/mol. The monoisotopic (exact) mass is 273 g/mol. The lowest BCUT2D eigenvalue weighted by atomic mass is 9.94. The van der Waals surface area contributed by atoms with Crippen LogP contribution in [-0.2, 0) is 5.54 Å². The van der Waals surface area contributed by atoms with Crippen molar-refractivity contribution < 1.29 is 9.72 Å². The SMILES string of the molecule is CC(C)(NC(=O)c1ccc[nH]1)c1ccc([N+](=O)[O-])cc1. The van der Waals surface area contributed by atoms with Gasteiger partial charge in [0.05, 0.1) is 10.5 Å². The van der Waals surface area contributed by atoms with Crippen LogP contribution in [0.25, 0.3) is 0 Å². The number of benzene rings is 1. The average molecular weight is 273 g/mol. The van der Waals surface area contributed by atoms with Gasteiger partial charge in [0.1, 0.15) is 5.69 Å². The summed E-state index contributed by atoms with van der Waals surface area (Å²) >= 11 is 0. The average Bonchev–Trinajstić information content (AvgIpc) is 2.92. The number of hydrogen-bond acceptors (Lipinski definition) is 3. The van der Waals surface area contributed by atoms with E-state index < -0.39 is 10.5 Å². The van der Waals surface area contributed by atoms with E-state index in [-0.39, 0.29) is 11.6 Å². The molecule has 1 heterocycles. The summed E-state index contributed by atoms with van der Waals surface area (Å²) in [5, 5.41) is 13.5. The number of nitro groups is 1. The summed E-state index contributed by atoms with van der Waals surface area (Å²) in [7, 11) is 0. The van der Waals surface area contributed by atoms with Crippen LogP contribution in [0.15, 0.2) is 42.6 Å². The number of carbonyl (C=O) groups excluding carboxylic acids is 1. The molecule has 0 aliphatic rings. The van der Waals surface area contributed by atoms with Gasteiger partial charge in [-0.3, -0.25) is 14.9 Å². The molecule has 6 nitrogen and oxygen atoms in total. The van der Waals surface area contributed by atoms with Crippen molar-refractivity contribution in [2.45, 2.75) is 19.4 Å². The summed E-state index contributed by atoms with van der Waals surface area (Å²) in [4.78, 5) is 25.0. The van der Waals surface area contributed by atoms with Gasteiger partial charge in [0.2, 0.25) is 0 Å². The second-order valence-corrected chi connectivity index (χ2v) is 4.97. The van der Waals surface area contributed by atoms with Crippen LogP contribution in [0.2, 0.25) is 0 Å². The fourth-order valence-corrected chi connectivity index (χ4v) is 1.89. The summed E-state index contributed by atoms with van der Waals surface area (Å²) in [5.41, 5.74) is 0.667. The van der Waals surface area contributed by atoms with Crippen molar-refractivity contribution in [3.8, 4) is 0 Å². The number of amides is 1. The van der Waals surface area contributed by atoms with Gasteiger partial charge in [-0.15, -0.1) is 0 Å². The first-order valence-electron chi connectivity index (χ1n) is 6.11. The minimum atomic E-state index is -0.628. The molecule has 6 heteroatoms. The van der Waals surface area contributed by atoms with E-state index in [0.29, 0.717) is 5.69 Å². The molecule has 0 aliphatic heterocycles. The third-order valence-corrected chi connectivity index (χ3v) is 3.07. The third-order valence-electron chi connectivity index (χ3n) is 3.07. The summed E-state index contributed by atoms with van der Waals surface area (Å²) in [6.45, 7) is 3.68. The number of non-ortho nitro benzene ring substituents is 1. The minimum absolute atomic E-state index is 0.0280. The van der Waals surface area contributed by atoms with E-state index in [4.69, 9.17) is 0 Å². The molecule has 0 spiro atoms. The van der Waals surface area contributed by atoms with Gasteiger partial charge >= 0.3 is 0 Å². The molecule has 104 valence electrons. The first-order chi connectivity index (χ1) is 9.40. The Morgan fingerprint density at radius 2 is 1.90 bits per heavy atom. The molecule has 1 aromatic carbocycles. The smallest absolute Gasteiger partial charge is 0.269 e. The van der Waals surface area contributed by atoms with Crippen LogP contribution < -0.4 is 5.32 Å². The predicted molar refractivity (Wildman–Crippen MR) is 74.4 cm³/mol. The van der Waals surface area contributed by atoms with Gasteiger partial charge in [-0.05, 0) is 43.7 Å². The van der Waals surface area contributed by atoms with Crippen LogP contribution in [0.4, 0.5) is 5.69 Å². The Balaban J connectivity index is 2.17. The maximum Gasteiger partial charge on any atom is 0.269 e. The molecule has 0 atom stereocenters. The Morgan fingerprint density at radius 3 is 2.40 bits per heavy atom. The number of nitrogens with one attached hydrogen (secondary N) is 2. The van der Waals surface area contributed by atoms with Gasteiger partial charge in [0.25, 0.3) is 11.6 Å². The Bertz CT molecular complexity index is 616. The fraction of sp³-hybridized carbons (Fsp3) is 0.214. The predicted octanol–water partition coefficient (Wildman–Crippen LogP) is 2.59. The molecule has 0 aliphatic carbocycles. The first-order valence-corrected chi connectivity index (χ1v) is 6.11. The second-order valence-electron chi connectivity index (χ2n) is 4.97. The number of aromatic nitrogens is 1. The lowest BCUT2D eigenvalue weighted by Crippen LogP contribution is -2.41. The maximum atomic E-state index is 12.0. The zero-order chi connectivity index (χ0) is 14.8. The Hall–Kier alpha value is -2.63. The van der Waals surface area contributed by atoms with Crippen molar-refractivity contribution in [2.75, 3.05) is 0 Å². The standard InChI is InChI=1S/C14H15N3O3/c1-14(2,16-13(18)12-4-3-9-15-12)10-5-7-11(8-6-10)17(19)20/h3-9,15H,1-2H3,(H,16,18). The summed E-state index contributed by atoms with van der Waals surface area (Å²) in [6, 6.07) is 9.57. The molecule has 0 bridgehead atoms. The van der Waals surface area contributed by atoms with Gasteiger partial charge in [0.15, 0.2) is 0 Å². The van der Waals surface area contributed by atoms with E-state index >= 15 is 0 Å². The number of nitrogens with zero attached hydrogens (tertiary/aromatic N) is 1. The summed E-state index contributed by atoms with van der Waals surface area (Å²) in [5.74, 6) is -0.224. The lowest BCUT2D eigenvalue weighted by Gasteiger charge is -2.26. The van der Waals surface area contributed by atoms with Gasteiger partial charge in [-0.1, -0.05) is 0 Å². The van der Waals surface area contributed by atoms with Gasteiger partial charge in [-0.25, -0.2) is 0 Å².